The van der Waals surface area contributed by atoms with Gasteiger partial charge in [-0.15, -0.1) is 0 Å². The van der Waals surface area contributed by atoms with Crippen molar-refractivity contribution in [2.45, 2.75) is 18.6 Å². The SMILES string of the molecule is N#CC[C@@H](N)c1cc(C(F)(F)F)ccc1Cl. The molecule has 0 saturated heterocycles. The number of hydrogen-bond donors (Lipinski definition) is 1. The lowest BCUT2D eigenvalue weighted by Gasteiger charge is -2.13. The van der Waals surface area contributed by atoms with E-state index in [4.69, 9.17) is 22.6 Å². The molecule has 0 heterocycles. The fourth-order valence-corrected chi connectivity index (χ4v) is 1.47. The molecule has 0 aliphatic rings. The van der Waals surface area contributed by atoms with Gasteiger partial charge in [0, 0.05) is 11.1 Å². The lowest BCUT2D eigenvalue weighted by Crippen LogP contribution is -2.12. The third kappa shape index (κ3) is 2.87. The van der Waals surface area contributed by atoms with Gasteiger partial charge < -0.3 is 5.73 Å². The van der Waals surface area contributed by atoms with E-state index in [-0.39, 0.29) is 17.0 Å². The van der Waals surface area contributed by atoms with Crippen molar-refractivity contribution in [2.75, 3.05) is 0 Å². The third-order valence-corrected chi connectivity index (χ3v) is 2.38. The van der Waals surface area contributed by atoms with Gasteiger partial charge in [-0.3, -0.25) is 0 Å². The van der Waals surface area contributed by atoms with E-state index < -0.39 is 17.8 Å². The standard InChI is InChI=1S/C10H8ClF3N2/c11-8-2-1-6(10(12,13)14)5-7(8)9(16)3-4-15/h1-2,5,9H,3,16H2/t9-/m1/s1. The molecular formula is C10H8ClF3N2. The van der Waals surface area contributed by atoms with Crippen LogP contribution in [0.15, 0.2) is 18.2 Å². The summed E-state index contributed by atoms with van der Waals surface area (Å²) in [7, 11) is 0. The van der Waals surface area contributed by atoms with Crippen LogP contribution in [0.4, 0.5) is 13.2 Å². The summed E-state index contributed by atoms with van der Waals surface area (Å²) in [6.45, 7) is 0. The summed E-state index contributed by atoms with van der Waals surface area (Å²) in [5.41, 5.74) is 4.86. The van der Waals surface area contributed by atoms with Crippen LogP contribution < -0.4 is 5.73 Å². The van der Waals surface area contributed by atoms with Crippen molar-refractivity contribution < 1.29 is 13.2 Å². The van der Waals surface area contributed by atoms with Crippen molar-refractivity contribution in [3.63, 3.8) is 0 Å². The summed E-state index contributed by atoms with van der Waals surface area (Å²) >= 11 is 5.72. The first-order valence-electron chi connectivity index (χ1n) is 4.35. The Labute approximate surface area is 95.4 Å². The van der Waals surface area contributed by atoms with E-state index >= 15 is 0 Å². The Balaban J connectivity index is 3.15. The smallest absolute Gasteiger partial charge is 0.323 e. The van der Waals surface area contributed by atoms with Gasteiger partial charge in [-0.1, -0.05) is 11.6 Å². The first-order valence-corrected chi connectivity index (χ1v) is 4.73. The Morgan fingerprint density at radius 1 is 1.44 bits per heavy atom. The van der Waals surface area contributed by atoms with Crippen LogP contribution in [0.2, 0.25) is 5.02 Å². The number of nitrogens with zero attached hydrogens (tertiary/aromatic N) is 1. The summed E-state index contributed by atoms with van der Waals surface area (Å²) in [6.07, 6.45) is -4.52. The molecule has 1 aromatic rings. The lowest BCUT2D eigenvalue weighted by molar-refractivity contribution is -0.137. The molecule has 0 unspecified atom stereocenters. The highest BCUT2D eigenvalue weighted by Crippen LogP contribution is 2.33. The van der Waals surface area contributed by atoms with E-state index in [2.05, 4.69) is 0 Å². The van der Waals surface area contributed by atoms with Crippen molar-refractivity contribution in [1.82, 2.24) is 0 Å². The quantitative estimate of drug-likeness (QED) is 0.873. The Morgan fingerprint density at radius 3 is 2.56 bits per heavy atom. The predicted octanol–water partition coefficient (Wildman–Crippen LogP) is 3.27. The number of rotatable bonds is 2. The van der Waals surface area contributed by atoms with Crippen LogP contribution in [0.3, 0.4) is 0 Å². The first-order chi connectivity index (χ1) is 7.36. The van der Waals surface area contributed by atoms with E-state index in [1.54, 1.807) is 6.07 Å². The highest BCUT2D eigenvalue weighted by Gasteiger charge is 2.31. The minimum absolute atomic E-state index is 0.0823. The van der Waals surface area contributed by atoms with Crippen LogP contribution in [0.5, 0.6) is 0 Å². The molecule has 0 radical (unpaired) electrons. The Kier molecular flexibility index (Phi) is 3.79. The van der Waals surface area contributed by atoms with Crippen molar-refractivity contribution in [3.05, 3.63) is 34.3 Å². The molecule has 0 aliphatic heterocycles. The largest absolute Gasteiger partial charge is 0.416 e. The molecule has 16 heavy (non-hydrogen) atoms. The van der Waals surface area contributed by atoms with Gasteiger partial charge in [0.2, 0.25) is 0 Å². The summed E-state index contributed by atoms with van der Waals surface area (Å²) in [4.78, 5) is 0. The molecule has 86 valence electrons. The third-order valence-electron chi connectivity index (χ3n) is 2.03. The second-order valence-electron chi connectivity index (χ2n) is 3.20. The number of benzene rings is 1. The van der Waals surface area contributed by atoms with Crippen molar-refractivity contribution in [1.29, 1.82) is 5.26 Å². The van der Waals surface area contributed by atoms with Crippen LogP contribution in [0.1, 0.15) is 23.6 Å². The maximum atomic E-state index is 12.4. The second kappa shape index (κ2) is 4.73. The normalized spacial score (nSPS) is 13.2. The molecule has 2 nitrogen and oxygen atoms in total. The molecule has 0 fully saturated rings. The number of nitrogens with two attached hydrogens (primary N) is 1. The fraction of sp³-hybridized carbons (Fsp3) is 0.300. The molecule has 0 saturated carbocycles. The zero-order chi connectivity index (χ0) is 12.3. The van der Waals surface area contributed by atoms with Gasteiger partial charge >= 0.3 is 6.18 Å². The highest BCUT2D eigenvalue weighted by molar-refractivity contribution is 6.31. The summed E-state index contributed by atoms with van der Waals surface area (Å²) in [5.74, 6) is 0. The van der Waals surface area contributed by atoms with Gasteiger partial charge in [0.15, 0.2) is 0 Å². The minimum Gasteiger partial charge on any atom is -0.323 e. The zero-order valence-electron chi connectivity index (χ0n) is 8.05. The molecule has 6 heteroatoms. The molecule has 0 spiro atoms. The van der Waals surface area contributed by atoms with Crippen LogP contribution >= 0.6 is 11.6 Å². The van der Waals surface area contributed by atoms with Gasteiger partial charge in [-0.05, 0) is 23.8 Å². The lowest BCUT2D eigenvalue weighted by atomic mass is 10.0. The zero-order valence-corrected chi connectivity index (χ0v) is 8.81. The summed E-state index contributed by atoms with van der Waals surface area (Å²) < 4.78 is 37.2. The van der Waals surface area contributed by atoms with Gasteiger partial charge in [0.05, 0.1) is 18.1 Å². The van der Waals surface area contributed by atoms with E-state index in [9.17, 15) is 13.2 Å². The Morgan fingerprint density at radius 2 is 2.06 bits per heavy atom. The highest BCUT2D eigenvalue weighted by atomic mass is 35.5. The molecule has 0 aliphatic carbocycles. The molecule has 0 amide bonds. The average Bonchev–Trinajstić information content (AvgIpc) is 2.16. The Hall–Kier alpha value is -1.25. The predicted molar refractivity (Wildman–Crippen MR) is 53.6 cm³/mol. The van der Waals surface area contributed by atoms with Crippen LogP contribution in [0.25, 0.3) is 0 Å². The van der Waals surface area contributed by atoms with Gasteiger partial charge in [0.1, 0.15) is 0 Å². The van der Waals surface area contributed by atoms with E-state index in [0.717, 1.165) is 18.2 Å². The van der Waals surface area contributed by atoms with Crippen LogP contribution in [0, 0.1) is 11.3 Å². The van der Waals surface area contributed by atoms with Crippen molar-refractivity contribution in [3.8, 4) is 6.07 Å². The van der Waals surface area contributed by atoms with Crippen molar-refractivity contribution >= 4 is 11.6 Å². The van der Waals surface area contributed by atoms with Gasteiger partial charge in [-0.2, -0.15) is 18.4 Å². The monoisotopic (exact) mass is 248 g/mol. The average molecular weight is 249 g/mol. The molecule has 1 aromatic carbocycles. The van der Waals surface area contributed by atoms with Crippen LogP contribution in [-0.2, 0) is 6.18 Å². The summed E-state index contributed by atoms with van der Waals surface area (Å²) in [6, 6.07) is 3.88. The molecule has 2 N–H and O–H groups in total. The number of nitriles is 1. The van der Waals surface area contributed by atoms with E-state index in [1.807, 2.05) is 0 Å². The van der Waals surface area contributed by atoms with E-state index in [1.165, 1.54) is 0 Å². The Bertz CT molecular complexity index is 423. The molecule has 0 bridgehead atoms. The van der Waals surface area contributed by atoms with Crippen molar-refractivity contribution in [2.24, 2.45) is 5.73 Å². The summed E-state index contributed by atoms with van der Waals surface area (Å²) in [5, 5.41) is 8.56. The topological polar surface area (TPSA) is 49.8 Å². The second-order valence-corrected chi connectivity index (χ2v) is 3.61. The molecule has 0 aromatic heterocycles. The number of halogens is 4. The number of alkyl halides is 3. The number of hydrogen-bond acceptors (Lipinski definition) is 2. The van der Waals surface area contributed by atoms with Gasteiger partial charge in [-0.25, -0.2) is 0 Å². The fourth-order valence-electron chi connectivity index (χ4n) is 1.21. The van der Waals surface area contributed by atoms with Crippen LogP contribution in [-0.4, -0.2) is 0 Å². The maximum Gasteiger partial charge on any atom is 0.416 e. The van der Waals surface area contributed by atoms with Gasteiger partial charge in [0.25, 0.3) is 0 Å². The molecular weight excluding hydrogens is 241 g/mol. The minimum atomic E-state index is -4.44. The molecule has 1 atom stereocenters. The van der Waals surface area contributed by atoms with E-state index in [0.29, 0.717) is 0 Å². The first kappa shape index (κ1) is 12.8. The molecule has 1 rings (SSSR count). The maximum absolute atomic E-state index is 12.4.